The SMILES string of the molecule is CCOC(=O)Cn1c(=NC(=O)CCS(=O)(=O)c2ccccc2)sc2ccc(Cl)c(Cl)c21. The summed E-state index contributed by atoms with van der Waals surface area (Å²) in [5.41, 5.74) is 0.454. The van der Waals surface area contributed by atoms with Gasteiger partial charge in [-0.3, -0.25) is 9.59 Å². The fourth-order valence-corrected chi connectivity index (χ4v) is 5.58. The lowest BCUT2D eigenvalue weighted by Crippen LogP contribution is -2.23. The number of esters is 1. The van der Waals surface area contributed by atoms with Crippen LogP contribution in [0.5, 0.6) is 0 Å². The summed E-state index contributed by atoms with van der Waals surface area (Å²) in [6, 6.07) is 11.2. The number of ether oxygens (including phenoxy) is 1. The van der Waals surface area contributed by atoms with E-state index in [0.29, 0.717) is 10.2 Å². The van der Waals surface area contributed by atoms with Crippen LogP contribution in [0.25, 0.3) is 10.2 Å². The van der Waals surface area contributed by atoms with Gasteiger partial charge in [0, 0.05) is 6.42 Å². The molecule has 0 aliphatic carbocycles. The molecule has 2 aromatic carbocycles. The molecule has 3 rings (SSSR count). The molecule has 164 valence electrons. The highest BCUT2D eigenvalue weighted by Gasteiger charge is 2.18. The monoisotopic (exact) mass is 500 g/mol. The highest BCUT2D eigenvalue weighted by Crippen LogP contribution is 2.32. The summed E-state index contributed by atoms with van der Waals surface area (Å²) in [7, 11) is -3.62. The molecule has 0 saturated heterocycles. The number of amides is 1. The normalized spacial score (nSPS) is 12.3. The van der Waals surface area contributed by atoms with Gasteiger partial charge in [-0.05, 0) is 31.2 Å². The number of carbonyl (C=O) groups excluding carboxylic acids is 2. The number of halogens is 2. The first kappa shape index (κ1) is 23.5. The number of sulfone groups is 1. The molecule has 31 heavy (non-hydrogen) atoms. The topological polar surface area (TPSA) is 94.8 Å². The second-order valence-corrected chi connectivity index (χ2v) is 10.3. The van der Waals surface area contributed by atoms with Gasteiger partial charge in [0.2, 0.25) is 5.91 Å². The van der Waals surface area contributed by atoms with E-state index in [9.17, 15) is 18.0 Å². The average molecular weight is 501 g/mol. The van der Waals surface area contributed by atoms with Gasteiger partial charge in [-0.15, -0.1) is 0 Å². The Morgan fingerprint density at radius 3 is 2.52 bits per heavy atom. The minimum atomic E-state index is -3.62. The highest BCUT2D eigenvalue weighted by molar-refractivity contribution is 7.91. The third-order valence-electron chi connectivity index (χ3n) is 4.23. The van der Waals surface area contributed by atoms with Crippen molar-refractivity contribution in [2.75, 3.05) is 12.4 Å². The largest absolute Gasteiger partial charge is 0.465 e. The van der Waals surface area contributed by atoms with E-state index in [4.69, 9.17) is 27.9 Å². The van der Waals surface area contributed by atoms with Crippen LogP contribution in [0.2, 0.25) is 10.0 Å². The van der Waals surface area contributed by atoms with Crippen LogP contribution in [0.1, 0.15) is 13.3 Å². The molecule has 0 fully saturated rings. The number of nitrogens with zero attached hydrogens (tertiary/aromatic N) is 2. The Morgan fingerprint density at radius 1 is 1.13 bits per heavy atom. The van der Waals surface area contributed by atoms with Gasteiger partial charge in [-0.25, -0.2) is 8.42 Å². The van der Waals surface area contributed by atoms with E-state index in [0.717, 1.165) is 11.3 Å². The van der Waals surface area contributed by atoms with E-state index < -0.39 is 21.7 Å². The molecule has 11 heteroatoms. The summed E-state index contributed by atoms with van der Waals surface area (Å²) >= 11 is 13.6. The Kier molecular flexibility index (Phi) is 7.53. The predicted octanol–water partition coefficient (Wildman–Crippen LogP) is 3.86. The number of hydrogen-bond acceptors (Lipinski definition) is 6. The van der Waals surface area contributed by atoms with Crippen molar-refractivity contribution in [3.8, 4) is 0 Å². The molecular formula is C20H18Cl2N2O5S2. The Morgan fingerprint density at radius 2 is 1.84 bits per heavy atom. The lowest BCUT2D eigenvalue weighted by Gasteiger charge is -2.07. The van der Waals surface area contributed by atoms with Crippen molar-refractivity contribution in [2.24, 2.45) is 4.99 Å². The number of hydrogen-bond donors (Lipinski definition) is 0. The molecule has 0 aliphatic rings. The van der Waals surface area contributed by atoms with E-state index >= 15 is 0 Å². The van der Waals surface area contributed by atoms with Crippen LogP contribution in [0.3, 0.4) is 0 Å². The molecule has 0 bridgehead atoms. The fourth-order valence-electron chi connectivity index (χ4n) is 2.80. The first-order valence-corrected chi connectivity index (χ1v) is 12.4. The van der Waals surface area contributed by atoms with Crippen molar-refractivity contribution in [3.05, 3.63) is 57.3 Å². The highest BCUT2D eigenvalue weighted by atomic mass is 35.5. The number of rotatable bonds is 7. The van der Waals surface area contributed by atoms with Gasteiger partial charge < -0.3 is 9.30 Å². The maximum absolute atomic E-state index is 12.5. The van der Waals surface area contributed by atoms with Crippen LogP contribution in [0.15, 0.2) is 52.4 Å². The zero-order valence-electron chi connectivity index (χ0n) is 16.4. The number of thiazole rings is 1. The van der Waals surface area contributed by atoms with Crippen LogP contribution in [0.4, 0.5) is 0 Å². The molecule has 0 N–H and O–H groups in total. The van der Waals surface area contributed by atoms with E-state index in [1.807, 2.05) is 0 Å². The molecule has 0 saturated carbocycles. The molecule has 0 unspecified atom stereocenters. The average Bonchev–Trinajstić information content (AvgIpc) is 3.07. The van der Waals surface area contributed by atoms with E-state index in [1.165, 1.54) is 16.7 Å². The van der Waals surface area contributed by atoms with Crippen molar-refractivity contribution in [1.82, 2.24) is 4.57 Å². The van der Waals surface area contributed by atoms with E-state index in [2.05, 4.69) is 4.99 Å². The second kappa shape index (κ2) is 9.95. The van der Waals surface area contributed by atoms with Crippen molar-refractivity contribution in [1.29, 1.82) is 0 Å². The third-order valence-corrected chi connectivity index (χ3v) is 7.80. The number of aromatic nitrogens is 1. The zero-order valence-corrected chi connectivity index (χ0v) is 19.5. The Hall–Kier alpha value is -2.20. The first-order chi connectivity index (χ1) is 14.7. The molecule has 0 spiro atoms. The molecule has 1 amide bonds. The molecule has 7 nitrogen and oxygen atoms in total. The summed E-state index contributed by atoms with van der Waals surface area (Å²) in [5, 5.41) is 0.511. The van der Waals surface area contributed by atoms with Crippen LogP contribution < -0.4 is 4.80 Å². The quantitative estimate of drug-likeness (QED) is 0.459. The fraction of sp³-hybridized carbons (Fsp3) is 0.250. The van der Waals surface area contributed by atoms with Crippen molar-refractivity contribution >= 4 is 66.5 Å². The molecular weight excluding hydrogens is 483 g/mol. The lowest BCUT2D eigenvalue weighted by atomic mass is 10.3. The predicted molar refractivity (Wildman–Crippen MR) is 120 cm³/mol. The van der Waals surface area contributed by atoms with Gasteiger partial charge in [0.1, 0.15) is 6.54 Å². The van der Waals surface area contributed by atoms with Gasteiger partial charge in [-0.2, -0.15) is 4.99 Å². The smallest absolute Gasteiger partial charge is 0.326 e. The summed E-state index contributed by atoms with van der Waals surface area (Å²) < 4.78 is 31.9. The van der Waals surface area contributed by atoms with Crippen LogP contribution in [-0.2, 0) is 30.7 Å². The zero-order chi connectivity index (χ0) is 22.6. The lowest BCUT2D eigenvalue weighted by molar-refractivity contribution is -0.143. The summed E-state index contributed by atoms with van der Waals surface area (Å²) in [4.78, 5) is 28.9. The Labute approximate surface area is 192 Å². The van der Waals surface area contributed by atoms with Crippen LogP contribution in [-0.4, -0.2) is 37.2 Å². The maximum atomic E-state index is 12.5. The van der Waals surface area contributed by atoms with Crippen molar-refractivity contribution in [2.45, 2.75) is 24.8 Å². The minimum absolute atomic E-state index is 0.142. The first-order valence-electron chi connectivity index (χ1n) is 9.21. The second-order valence-electron chi connectivity index (χ2n) is 6.37. The van der Waals surface area contributed by atoms with Gasteiger partial charge in [0.25, 0.3) is 0 Å². The molecule has 3 aromatic rings. The molecule has 0 radical (unpaired) electrons. The van der Waals surface area contributed by atoms with E-state index in [1.54, 1.807) is 37.3 Å². The maximum Gasteiger partial charge on any atom is 0.326 e. The molecule has 1 heterocycles. The summed E-state index contributed by atoms with van der Waals surface area (Å²) in [6.45, 7) is 1.65. The molecule has 0 atom stereocenters. The van der Waals surface area contributed by atoms with Gasteiger partial charge in [0.05, 0.1) is 37.5 Å². The minimum Gasteiger partial charge on any atom is -0.465 e. The molecule has 0 aliphatic heterocycles. The van der Waals surface area contributed by atoms with E-state index in [-0.39, 0.29) is 45.1 Å². The molecule has 1 aromatic heterocycles. The summed E-state index contributed by atoms with van der Waals surface area (Å²) in [5.74, 6) is -1.54. The Bertz CT molecular complexity index is 1300. The number of benzene rings is 2. The van der Waals surface area contributed by atoms with Crippen molar-refractivity contribution < 1.29 is 22.7 Å². The summed E-state index contributed by atoms with van der Waals surface area (Å²) in [6.07, 6.45) is -0.306. The van der Waals surface area contributed by atoms with Crippen LogP contribution in [0, 0.1) is 0 Å². The van der Waals surface area contributed by atoms with Crippen LogP contribution >= 0.6 is 34.5 Å². The Balaban J connectivity index is 1.94. The number of carbonyl (C=O) groups is 2. The van der Waals surface area contributed by atoms with Crippen molar-refractivity contribution in [3.63, 3.8) is 0 Å². The number of fused-ring (bicyclic) bond motifs is 1. The third kappa shape index (κ3) is 5.54. The van der Waals surface area contributed by atoms with Gasteiger partial charge in [-0.1, -0.05) is 52.7 Å². The van der Waals surface area contributed by atoms with Gasteiger partial charge in [0.15, 0.2) is 14.6 Å². The van der Waals surface area contributed by atoms with Gasteiger partial charge >= 0.3 is 5.97 Å². The standard InChI is InChI=1S/C20H18Cl2N2O5S2/c1-2-29-17(26)12-24-19-15(9-8-14(21)18(19)22)30-20(24)23-16(25)10-11-31(27,28)13-6-4-3-5-7-13/h3-9H,2,10-12H2,1H3.